The fourth-order valence-corrected chi connectivity index (χ4v) is 4.12. The second-order valence-electron chi connectivity index (χ2n) is 6.76. The van der Waals surface area contributed by atoms with E-state index in [0.29, 0.717) is 17.4 Å². The Balaban J connectivity index is 0.000000878. The van der Waals surface area contributed by atoms with Crippen molar-refractivity contribution in [2.75, 3.05) is 7.11 Å². The molecule has 1 amide bonds. The Bertz CT molecular complexity index is 921. The van der Waals surface area contributed by atoms with Gasteiger partial charge in [-0.2, -0.15) is 8.42 Å². The number of primary amides is 1. The maximum absolute atomic E-state index is 11.0. The summed E-state index contributed by atoms with van der Waals surface area (Å²) in [5.41, 5.74) is 7.19. The smallest absolute Gasteiger partial charge is 0.316 e. The van der Waals surface area contributed by atoms with Crippen molar-refractivity contribution in [1.82, 2.24) is 0 Å². The topological polar surface area (TPSA) is 98.8 Å². The molecular weight excluding hydrogens is 376 g/mol. The molecule has 150 valence electrons. The molecule has 2 unspecified atom stereocenters. The molecule has 2 N–H and O–H groups in total. The minimum absolute atomic E-state index is 0.153. The van der Waals surface area contributed by atoms with Gasteiger partial charge >= 0.3 is 10.5 Å². The predicted octanol–water partition coefficient (Wildman–Crippen LogP) is 4.11. The fourth-order valence-electron chi connectivity index (χ4n) is 3.82. The molecule has 1 fully saturated rings. The molecule has 6 nitrogen and oxygen atoms in total. The summed E-state index contributed by atoms with van der Waals surface area (Å²) in [5, 5.41) is 0. The molecular formula is C21H26N2O4S. The summed E-state index contributed by atoms with van der Waals surface area (Å²) in [6, 6.07) is 16.3. The van der Waals surface area contributed by atoms with Crippen molar-refractivity contribution >= 4 is 22.6 Å². The van der Waals surface area contributed by atoms with E-state index >= 15 is 0 Å². The molecule has 0 heterocycles. The van der Waals surface area contributed by atoms with Gasteiger partial charge in [0.05, 0.1) is 7.11 Å². The first-order valence-corrected chi connectivity index (χ1v) is 10.3. The number of nitrogens with two attached hydrogens (primary N) is 1. The SMILES string of the molecule is CCCCC1(c2ccccc2)CC1c1ccc(OC)c(N=S(=O)=O)c1.NC=O. The molecule has 0 bridgehead atoms. The Morgan fingerprint density at radius 3 is 2.50 bits per heavy atom. The summed E-state index contributed by atoms with van der Waals surface area (Å²) in [5.74, 6) is 0.869. The van der Waals surface area contributed by atoms with E-state index in [9.17, 15) is 8.42 Å². The van der Waals surface area contributed by atoms with Gasteiger partial charge in [0.25, 0.3) is 0 Å². The molecule has 0 radical (unpaired) electrons. The van der Waals surface area contributed by atoms with E-state index in [4.69, 9.17) is 9.53 Å². The summed E-state index contributed by atoms with van der Waals surface area (Å²) >= 11 is 0. The normalized spacial score (nSPS) is 19.7. The molecule has 28 heavy (non-hydrogen) atoms. The third-order valence-corrected chi connectivity index (χ3v) is 5.52. The molecule has 1 saturated carbocycles. The number of ether oxygens (including phenoxy) is 1. The van der Waals surface area contributed by atoms with Gasteiger partial charge in [-0.3, -0.25) is 4.79 Å². The van der Waals surface area contributed by atoms with Gasteiger partial charge in [-0.15, -0.1) is 4.36 Å². The standard InChI is InChI=1S/C20H23NO3S.CH3NO/c1-3-4-12-20(16-8-6-5-7-9-16)14-17(20)15-10-11-19(24-2)18(13-15)21-25(22)23;2-1-3/h5-11,13,17H,3-4,12,14H2,1-2H3;1H,(H2,2,3). The molecule has 1 aliphatic rings. The number of rotatable bonds is 7. The fraction of sp³-hybridized carbons (Fsp3) is 0.381. The van der Waals surface area contributed by atoms with Gasteiger partial charge in [0.15, 0.2) is 0 Å². The number of nitrogens with zero attached hydrogens (tertiary/aromatic N) is 1. The lowest BCUT2D eigenvalue weighted by atomic mass is 9.86. The van der Waals surface area contributed by atoms with Crippen LogP contribution in [0.2, 0.25) is 0 Å². The predicted molar refractivity (Wildman–Crippen MR) is 109 cm³/mol. The van der Waals surface area contributed by atoms with Gasteiger partial charge in [0.1, 0.15) is 11.4 Å². The van der Waals surface area contributed by atoms with Crippen LogP contribution in [0.1, 0.15) is 49.7 Å². The lowest BCUT2D eigenvalue weighted by Gasteiger charge is -2.18. The number of methoxy groups -OCH3 is 1. The van der Waals surface area contributed by atoms with Gasteiger partial charge in [-0.1, -0.05) is 56.2 Å². The Morgan fingerprint density at radius 1 is 1.25 bits per heavy atom. The van der Waals surface area contributed by atoms with Crippen molar-refractivity contribution in [3.05, 3.63) is 59.7 Å². The number of hydrogen-bond acceptors (Lipinski definition) is 5. The minimum Gasteiger partial charge on any atom is -0.494 e. The number of carbonyl (C=O) groups is 1. The van der Waals surface area contributed by atoms with Crippen molar-refractivity contribution in [3.63, 3.8) is 0 Å². The number of hydrogen-bond donors (Lipinski definition) is 1. The molecule has 2 atom stereocenters. The Kier molecular flexibility index (Phi) is 7.75. The Morgan fingerprint density at radius 2 is 1.93 bits per heavy atom. The van der Waals surface area contributed by atoms with Crippen LogP contribution < -0.4 is 10.5 Å². The second-order valence-corrected chi connectivity index (χ2v) is 7.37. The molecule has 1 aliphatic carbocycles. The van der Waals surface area contributed by atoms with E-state index < -0.39 is 10.5 Å². The van der Waals surface area contributed by atoms with Crippen LogP contribution in [-0.4, -0.2) is 21.9 Å². The third kappa shape index (κ3) is 4.98. The highest BCUT2D eigenvalue weighted by Gasteiger charge is 2.54. The van der Waals surface area contributed by atoms with E-state index in [2.05, 4.69) is 41.3 Å². The molecule has 0 aromatic heterocycles. The monoisotopic (exact) mass is 402 g/mol. The summed E-state index contributed by atoms with van der Waals surface area (Å²) < 4.78 is 30.9. The maximum Gasteiger partial charge on any atom is 0.316 e. The maximum atomic E-state index is 11.0. The van der Waals surface area contributed by atoms with Gasteiger partial charge in [-0.05, 0) is 42.0 Å². The van der Waals surface area contributed by atoms with Gasteiger partial charge < -0.3 is 10.5 Å². The average molecular weight is 403 g/mol. The summed E-state index contributed by atoms with van der Waals surface area (Å²) in [6.45, 7) is 2.21. The first-order valence-electron chi connectivity index (χ1n) is 9.22. The number of amides is 1. The number of benzene rings is 2. The van der Waals surface area contributed by atoms with Crippen LogP contribution in [0.15, 0.2) is 52.9 Å². The summed E-state index contributed by atoms with van der Waals surface area (Å²) in [6.07, 6.45) is 4.83. The molecule has 0 aliphatic heterocycles. The van der Waals surface area contributed by atoms with Crippen LogP contribution in [-0.2, 0) is 20.7 Å². The van der Waals surface area contributed by atoms with Crippen LogP contribution in [0.25, 0.3) is 0 Å². The lowest BCUT2D eigenvalue weighted by molar-refractivity contribution is -0.106. The van der Waals surface area contributed by atoms with Crippen LogP contribution in [0.5, 0.6) is 5.75 Å². The highest BCUT2D eigenvalue weighted by molar-refractivity contribution is 7.61. The van der Waals surface area contributed by atoms with Crippen molar-refractivity contribution in [3.8, 4) is 5.75 Å². The second kappa shape index (κ2) is 10.0. The van der Waals surface area contributed by atoms with Gasteiger partial charge in [0.2, 0.25) is 6.41 Å². The highest BCUT2D eigenvalue weighted by Crippen LogP contribution is 2.63. The zero-order chi connectivity index (χ0) is 20.6. The van der Waals surface area contributed by atoms with Crippen LogP contribution in [0, 0.1) is 0 Å². The van der Waals surface area contributed by atoms with Gasteiger partial charge in [-0.25, -0.2) is 0 Å². The van der Waals surface area contributed by atoms with E-state index in [-0.39, 0.29) is 11.8 Å². The third-order valence-electron chi connectivity index (χ3n) is 5.18. The van der Waals surface area contributed by atoms with E-state index in [0.717, 1.165) is 18.4 Å². The molecule has 2 aromatic carbocycles. The number of unbranched alkanes of at least 4 members (excludes halogenated alkanes) is 1. The first-order chi connectivity index (χ1) is 13.5. The van der Waals surface area contributed by atoms with Crippen molar-refractivity contribution in [2.24, 2.45) is 10.1 Å². The Hall–Kier alpha value is -2.67. The minimum atomic E-state index is -2.49. The zero-order valence-electron chi connectivity index (χ0n) is 16.2. The van der Waals surface area contributed by atoms with Crippen LogP contribution in [0.3, 0.4) is 0 Å². The lowest BCUT2D eigenvalue weighted by Crippen LogP contribution is -2.09. The average Bonchev–Trinajstić information content (AvgIpc) is 3.43. The van der Waals surface area contributed by atoms with Crippen molar-refractivity contribution in [2.45, 2.75) is 43.9 Å². The first kappa shape index (κ1) is 21.6. The summed E-state index contributed by atoms with van der Waals surface area (Å²) in [7, 11) is -0.972. The van der Waals surface area contributed by atoms with Crippen LogP contribution >= 0.6 is 0 Å². The molecule has 0 saturated heterocycles. The molecule has 0 spiro atoms. The number of carbonyl (C=O) groups excluding carboxylic acids is 1. The van der Waals surface area contributed by atoms with E-state index in [1.165, 1.54) is 25.5 Å². The van der Waals surface area contributed by atoms with Gasteiger partial charge in [0, 0.05) is 5.41 Å². The molecule has 7 heteroatoms. The van der Waals surface area contributed by atoms with E-state index in [1.54, 1.807) is 0 Å². The Labute approximate surface area is 167 Å². The largest absolute Gasteiger partial charge is 0.494 e. The van der Waals surface area contributed by atoms with Crippen LogP contribution in [0.4, 0.5) is 5.69 Å². The molecule has 2 aromatic rings. The van der Waals surface area contributed by atoms with E-state index in [1.807, 2.05) is 24.3 Å². The van der Waals surface area contributed by atoms with Crippen molar-refractivity contribution in [1.29, 1.82) is 0 Å². The quantitative estimate of drug-likeness (QED) is 0.705. The molecule has 3 rings (SSSR count). The highest BCUT2D eigenvalue weighted by atomic mass is 32.2. The zero-order valence-corrected chi connectivity index (χ0v) is 17.0. The summed E-state index contributed by atoms with van der Waals surface area (Å²) in [4.78, 5) is 8.58. The van der Waals surface area contributed by atoms with Crippen molar-refractivity contribution < 1.29 is 17.9 Å².